The molecule has 160 valence electrons. The Kier molecular flexibility index (Phi) is 5.87. The van der Waals surface area contributed by atoms with Crippen LogP contribution in [0.15, 0.2) is 97.1 Å². The first kappa shape index (κ1) is 20.7. The summed E-state index contributed by atoms with van der Waals surface area (Å²) in [5.41, 5.74) is 10.1. The lowest BCUT2D eigenvalue weighted by Gasteiger charge is -2.40. The Bertz CT molecular complexity index is 1060. The van der Waals surface area contributed by atoms with E-state index in [9.17, 15) is 0 Å². The summed E-state index contributed by atoms with van der Waals surface area (Å²) in [4.78, 5) is 4.87. The summed E-state index contributed by atoms with van der Waals surface area (Å²) < 4.78 is 0. The second-order valence-electron chi connectivity index (χ2n) is 8.27. The van der Waals surface area contributed by atoms with Gasteiger partial charge in [-0.25, -0.2) is 0 Å². The molecule has 0 aliphatic carbocycles. The van der Waals surface area contributed by atoms with E-state index >= 15 is 0 Å². The van der Waals surface area contributed by atoms with Gasteiger partial charge < -0.3 is 9.80 Å². The first-order valence-corrected chi connectivity index (χ1v) is 11.7. The number of fused-ring (bicyclic) bond motifs is 2. The van der Waals surface area contributed by atoms with Gasteiger partial charge in [0.1, 0.15) is 0 Å². The van der Waals surface area contributed by atoms with Gasteiger partial charge in [-0.1, -0.05) is 79.7 Å². The van der Waals surface area contributed by atoms with Gasteiger partial charge >= 0.3 is 0 Å². The number of rotatable bonds is 6. The second-order valence-corrected chi connectivity index (χ2v) is 8.54. The topological polar surface area (TPSA) is 6.48 Å². The number of halogens is 1. The summed E-state index contributed by atoms with van der Waals surface area (Å²) in [6.07, 6.45) is 1.07. The molecule has 2 nitrogen and oxygen atoms in total. The molecule has 0 spiro atoms. The summed E-state index contributed by atoms with van der Waals surface area (Å²) in [6, 6.07) is 35.1. The highest BCUT2D eigenvalue weighted by Crippen LogP contribution is 2.48. The molecule has 5 rings (SSSR count). The zero-order valence-electron chi connectivity index (χ0n) is 18.3. The molecule has 0 atom stereocenters. The lowest BCUT2D eigenvalue weighted by molar-refractivity contribution is 0.902. The van der Waals surface area contributed by atoms with Crippen molar-refractivity contribution in [3.8, 4) is 0 Å². The third-order valence-corrected chi connectivity index (χ3v) is 6.53. The van der Waals surface area contributed by atoms with Gasteiger partial charge in [0.25, 0.3) is 0 Å². The van der Waals surface area contributed by atoms with Gasteiger partial charge in [-0.3, -0.25) is 0 Å². The molecular formula is C29H27ClN2. The van der Waals surface area contributed by atoms with Crippen LogP contribution in [0.4, 0.5) is 22.7 Å². The largest absolute Gasteiger partial charge is 0.334 e. The quantitative estimate of drug-likeness (QED) is 0.281. The van der Waals surface area contributed by atoms with E-state index in [1.165, 1.54) is 39.4 Å². The Morgan fingerprint density at radius 2 is 0.844 bits per heavy atom. The Morgan fingerprint density at radius 1 is 0.500 bits per heavy atom. The van der Waals surface area contributed by atoms with Gasteiger partial charge in [0, 0.05) is 19.0 Å². The molecule has 4 aromatic carbocycles. The average Bonchev–Trinajstić information content (AvgIpc) is 2.86. The molecule has 3 heteroatoms. The molecular weight excluding hydrogens is 412 g/mol. The zero-order valence-corrected chi connectivity index (χ0v) is 19.1. The molecule has 0 amide bonds. The number of benzene rings is 4. The van der Waals surface area contributed by atoms with Crippen molar-refractivity contribution in [1.82, 2.24) is 0 Å². The second kappa shape index (κ2) is 9.10. The molecule has 0 aromatic heterocycles. The van der Waals surface area contributed by atoms with Crippen LogP contribution >= 0.6 is 11.6 Å². The molecule has 32 heavy (non-hydrogen) atoms. The van der Waals surface area contributed by atoms with E-state index in [0.717, 1.165) is 25.1 Å². The number of para-hydroxylation sites is 4. The minimum Gasteiger partial charge on any atom is -0.334 e. The fraction of sp³-hybridized carbons (Fsp3) is 0.172. The van der Waals surface area contributed by atoms with Gasteiger partial charge in [-0.15, -0.1) is 11.6 Å². The predicted octanol–water partition coefficient (Wildman–Crippen LogP) is 7.98. The van der Waals surface area contributed by atoms with Crippen LogP contribution in [0.2, 0.25) is 0 Å². The smallest absolute Gasteiger partial charge is 0.0655 e. The van der Waals surface area contributed by atoms with Crippen molar-refractivity contribution in [2.45, 2.75) is 32.3 Å². The highest BCUT2D eigenvalue weighted by atomic mass is 35.5. The minimum absolute atomic E-state index is 0.545. The Balaban J connectivity index is 1.54. The van der Waals surface area contributed by atoms with E-state index in [4.69, 9.17) is 11.6 Å². The van der Waals surface area contributed by atoms with Crippen molar-refractivity contribution in [2.75, 3.05) is 9.80 Å². The lowest BCUT2D eigenvalue weighted by Crippen LogP contribution is -2.29. The number of hydrogen-bond acceptors (Lipinski definition) is 2. The van der Waals surface area contributed by atoms with Crippen molar-refractivity contribution < 1.29 is 0 Å². The van der Waals surface area contributed by atoms with E-state index in [2.05, 4.69) is 114 Å². The molecule has 0 saturated heterocycles. The van der Waals surface area contributed by atoms with Crippen molar-refractivity contribution >= 4 is 34.4 Å². The maximum absolute atomic E-state index is 5.99. The number of anilines is 4. The van der Waals surface area contributed by atoms with Gasteiger partial charge in [0.15, 0.2) is 0 Å². The summed E-state index contributed by atoms with van der Waals surface area (Å²) in [5, 5.41) is 0. The van der Waals surface area contributed by atoms with Crippen LogP contribution in [0.5, 0.6) is 0 Å². The van der Waals surface area contributed by atoms with E-state index in [1.54, 1.807) is 0 Å². The molecule has 1 aliphatic heterocycles. The van der Waals surface area contributed by atoms with Crippen LogP contribution in [0.1, 0.15) is 29.2 Å². The van der Waals surface area contributed by atoms with Crippen molar-refractivity contribution in [3.05, 3.63) is 119 Å². The molecule has 1 heterocycles. The van der Waals surface area contributed by atoms with Crippen molar-refractivity contribution in [3.63, 3.8) is 0 Å². The third-order valence-electron chi connectivity index (χ3n) is 6.22. The molecule has 0 N–H and O–H groups in total. The Hall–Kier alpha value is -3.23. The molecule has 0 radical (unpaired) electrons. The van der Waals surface area contributed by atoms with Crippen LogP contribution in [0.3, 0.4) is 0 Å². The standard InChI is InChI=1S/C29H27ClN2/c1-2-22-11-15-24(16-12-22)20-31-26-7-3-5-9-28(26)32(29-10-6-4-8-27(29)31)21-25-17-13-23(19-30)14-18-25/h3-18H,2,19-21H2,1H3. The lowest BCUT2D eigenvalue weighted by atomic mass is 10.0. The summed E-state index contributed by atoms with van der Waals surface area (Å²) >= 11 is 5.99. The Morgan fingerprint density at radius 3 is 1.19 bits per heavy atom. The maximum atomic E-state index is 5.99. The van der Waals surface area contributed by atoms with Gasteiger partial charge in [-0.2, -0.15) is 0 Å². The average molecular weight is 439 g/mol. The van der Waals surface area contributed by atoms with Gasteiger partial charge in [0.2, 0.25) is 0 Å². The summed E-state index contributed by atoms with van der Waals surface area (Å²) in [6.45, 7) is 3.86. The van der Waals surface area contributed by atoms with Gasteiger partial charge in [0.05, 0.1) is 22.7 Å². The zero-order chi connectivity index (χ0) is 21.9. The highest BCUT2D eigenvalue weighted by Gasteiger charge is 2.28. The van der Waals surface area contributed by atoms with E-state index in [-0.39, 0.29) is 0 Å². The normalized spacial score (nSPS) is 12.4. The number of nitrogens with zero attached hydrogens (tertiary/aromatic N) is 2. The molecule has 4 aromatic rings. The fourth-order valence-corrected chi connectivity index (χ4v) is 4.60. The van der Waals surface area contributed by atoms with Crippen molar-refractivity contribution in [2.24, 2.45) is 0 Å². The monoisotopic (exact) mass is 438 g/mol. The Labute approximate surface area is 195 Å². The van der Waals surface area contributed by atoms with Gasteiger partial charge in [-0.05, 0) is 52.9 Å². The molecule has 0 bridgehead atoms. The van der Waals surface area contributed by atoms with E-state index in [0.29, 0.717) is 5.88 Å². The number of aryl methyl sites for hydroxylation is 1. The van der Waals surface area contributed by atoms with Crippen LogP contribution in [-0.2, 0) is 25.4 Å². The summed E-state index contributed by atoms with van der Waals surface area (Å²) in [7, 11) is 0. The highest BCUT2D eigenvalue weighted by molar-refractivity contribution is 6.17. The van der Waals surface area contributed by atoms with E-state index < -0.39 is 0 Å². The molecule has 1 aliphatic rings. The summed E-state index contributed by atoms with van der Waals surface area (Å²) in [5.74, 6) is 0.545. The maximum Gasteiger partial charge on any atom is 0.0655 e. The SMILES string of the molecule is CCc1ccc(CN2c3ccccc3N(Cc3ccc(CCl)cc3)c3ccccc32)cc1. The van der Waals surface area contributed by atoms with Crippen LogP contribution in [-0.4, -0.2) is 0 Å². The van der Waals surface area contributed by atoms with Crippen LogP contribution in [0, 0.1) is 0 Å². The molecule has 0 saturated carbocycles. The fourth-order valence-electron chi connectivity index (χ4n) is 4.42. The van der Waals surface area contributed by atoms with Crippen LogP contribution in [0.25, 0.3) is 0 Å². The molecule has 0 fully saturated rings. The first-order valence-electron chi connectivity index (χ1n) is 11.2. The number of alkyl halides is 1. The third kappa shape index (κ3) is 3.99. The van der Waals surface area contributed by atoms with E-state index in [1.807, 2.05) is 0 Å². The van der Waals surface area contributed by atoms with Crippen molar-refractivity contribution in [1.29, 1.82) is 0 Å². The number of hydrogen-bond donors (Lipinski definition) is 0. The first-order chi connectivity index (χ1) is 15.8. The minimum atomic E-state index is 0.545. The van der Waals surface area contributed by atoms with Crippen LogP contribution < -0.4 is 9.80 Å². The predicted molar refractivity (Wildman–Crippen MR) is 136 cm³/mol. The molecule has 0 unspecified atom stereocenters.